The van der Waals surface area contributed by atoms with Gasteiger partial charge in [-0.3, -0.25) is 0 Å². The summed E-state index contributed by atoms with van der Waals surface area (Å²) in [7, 11) is 0. The van der Waals surface area contributed by atoms with E-state index in [1.165, 1.54) is 6.07 Å². The van der Waals surface area contributed by atoms with Crippen molar-refractivity contribution in [3.05, 3.63) is 28.8 Å². The highest BCUT2D eigenvalue weighted by Crippen LogP contribution is 2.30. The first-order valence-electron chi connectivity index (χ1n) is 4.54. The van der Waals surface area contributed by atoms with Gasteiger partial charge >= 0.3 is 12.3 Å². The van der Waals surface area contributed by atoms with Crippen LogP contribution >= 0.6 is 0 Å². The van der Waals surface area contributed by atoms with Gasteiger partial charge in [0.05, 0.1) is 5.56 Å². The molecule has 96 valence electrons. The van der Waals surface area contributed by atoms with E-state index in [-0.39, 0.29) is 12.1 Å². The number of carbonyl (C=O) groups is 1. The normalized spacial score (nSPS) is 10.8. The van der Waals surface area contributed by atoms with E-state index in [2.05, 4.69) is 4.74 Å². The van der Waals surface area contributed by atoms with Crippen LogP contribution in [0.4, 0.5) is 13.2 Å². The van der Waals surface area contributed by atoms with Gasteiger partial charge in [0, 0.05) is 6.54 Å². The number of nitriles is 1. The van der Waals surface area contributed by atoms with Crippen molar-refractivity contribution in [1.82, 2.24) is 0 Å². The molecule has 3 N–H and O–H groups in total. The molecule has 0 aliphatic heterocycles. The topological polar surface area (TPSA) is 96.3 Å². The number of rotatable bonds is 3. The predicted molar refractivity (Wildman–Crippen MR) is 52.7 cm³/mol. The lowest BCUT2D eigenvalue weighted by molar-refractivity contribution is -0.274. The monoisotopic (exact) mass is 260 g/mol. The van der Waals surface area contributed by atoms with Gasteiger partial charge in [0.2, 0.25) is 0 Å². The van der Waals surface area contributed by atoms with Crippen molar-refractivity contribution < 1.29 is 27.8 Å². The zero-order chi connectivity index (χ0) is 13.9. The largest absolute Gasteiger partial charge is 0.573 e. The molecule has 0 saturated heterocycles. The maximum absolute atomic E-state index is 12.1. The second kappa shape index (κ2) is 4.93. The van der Waals surface area contributed by atoms with Crippen LogP contribution in [-0.4, -0.2) is 17.4 Å². The third kappa shape index (κ3) is 3.11. The average molecular weight is 260 g/mol. The second-order valence-electron chi connectivity index (χ2n) is 3.19. The minimum absolute atomic E-state index is 0.150. The average Bonchev–Trinajstić information content (AvgIpc) is 2.25. The molecule has 0 aliphatic rings. The maximum Gasteiger partial charge on any atom is 0.573 e. The van der Waals surface area contributed by atoms with Crippen molar-refractivity contribution in [2.45, 2.75) is 12.9 Å². The van der Waals surface area contributed by atoms with Crippen LogP contribution in [-0.2, 0) is 6.54 Å². The molecule has 1 aromatic rings. The summed E-state index contributed by atoms with van der Waals surface area (Å²) in [6.07, 6.45) is -5.05. The Morgan fingerprint density at radius 1 is 1.50 bits per heavy atom. The zero-order valence-electron chi connectivity index (χ0n) is 8.78. The van der Waals surface area contributed by atoms with Crippen LogP contribution < -0.4 is 10.5 Å². The zero-order valence-corrected chi connectivity index (χ0v) is 8.78. The predicted octanol–water partition coefficient (Wildman–Crippen LogP) is 1.61. The quantitative estimate of drug-likeness (QED) is 0.860. The molecule has 1 aromatic carbocycles. The Bertz CT molecular complexity index is 520. The Balaban J connectivity index is 3.45. The fourth-order valence-corrected chi connectivity index (χ4v) is 1.30. The summed E-state index contributed by atoms with van der Waals surface area (Å²) in [4.78, 5) is 10.9. The lowest BCUT2D eigenvalue weighted by Crippen LogP contribution is -2.20. The molecule has 0 spiro atoms. The van der Waals surface area contributed by atoms with Gasteiger partial charge < -0.3 is 15.6 Å². The highest BCUT2D eigenvalue weighted by molar-refractivity contribution is 5.94. The van der Waals surface area contributed by atoms with Crippen molar-refractivity contribution in [2.24, 2.45) is 5.73 Å². The van der Waals surface area contributed by atoms with E-state index in [1.54, 1.807) is 0 Å². The number of benzene rings is 1. The summed E-state index contributed by atoms with van der Waals surface area (Å²) < 4.78 is 40.0. The number of hydrogen-bond donors (Lipinski definition) is 2. The molecule has 0 fully saturated rings. The van der Waals surface area contributed by atoms with E-state index < -0.39 is 29.2 Å². The first-order valence-corrected chi connectivity index (χ1v) is 4.54. The van der Waals surface area contributed by atoms with Gasteiger partial charge in [0.25, 0.3) is 0 Å². The van der Waals surface area contributed by atoms with E-state index in [1.807, 2.05) is 0 Å². The summed E-state index contributed by atoms with van der Waals surface area (Å²) in [5.41, 5.74) is 4.12. The van der Waals surface area contributed by atoms with E-state index in [0.717, 1.165) is 12.1 Å². The summed E-state index contributed by atoms with van der Waals surface area (Å²) in [6.45, 7) is -0.150. The smallest absolute Gasteiger partial charge is 0.478 e. The Labute approximate surface area is 99.2 Å². The number of hydrogen-bond acceptors (Lipinski definition) is 4. The third-order valence-electron chi connectivity index (χ3n) is 1.96. The highest BCUT2D eigenvalue weighted by atomic mass is 19.4. The minimum Gasteiger partial charge on any atom is -0.478 e. The Kier molecular flexibility index (Phi) is 3.78. The lowest BCUT2D eigenvalue weighted by atomic mass is 10.0. The highest BCUT2D eigenvalue weighted by Gasteiger charge is 2.34. The van der Waals surface area contributed by atoms with E-state index in [4.69, 9.17) is 16.1 Å². The molecular formula is C10H7F3N2O3. The van der Waals surface area contributed by atoms with Crippen molar-refractivity contribution in [3.63, 3.8) is 0 Å². The Morgan fingerprint density at radius 2 is 2.11 bits per heavy atom. The fraction of sp³-hybridized carbons (Fsp3) is 0.200. The lowest BCUT2D eigenvalue weighted by Gasteiger charge is -2.13. The van der Waals surface area contributed by atoms with Crippen molar-refractivity contribution in [3.8, 4) is 11.8 Å². The molecule has 0 saturated carbocycles. The van der Waals surface area contributed by atoms with Crippen LogP contribution in [0.25, 0.3) is 0 Å². The molecule has 0 heterocycles. The number of halogens is 3. The van der Waals surface area contributed by atoms with Gasteiger partial charge in [-0.1, -0.05) is 0 Å². The van der Waals surface area contributed by atoms with Crippen LogP contribution in [0.15, 0.2) is 12.1 Å². The van der Waals surface area contributed by atoms with Crippen LogP contribution in [0.2, 0.25) is 0 Å². The molecular weight excluding hydrogens is 253 g/mol. The molecule has 0 amide bonds. The molecule has 5 nitrogen and oxygen atoms in total. The number of nitrogens with two attached hydrogens (primary N) is 1. The van der Waals surface area contributed by atoms with Gasteiger partial charge in [-0.05, 0) is 17.7 Å². The first-order chi connectivity index (χ1) is 8.28. The molecule has 1 rings (SSSR count). The standard InChI is InChI=1S/C10H7F3N2O3/c11-10(12,13)18-7-2-5(3-14)1-6(4-15)8(7)9(16)17/h1-2H,3,14H2,(H,16,17). The number of carboxylic acid groups (broad SMARTS) is 1. The van der Waals surface area contributed by atoms with Crippen molar-refractivity contribution >= 4 is 5.97 Å². The molecule has 0 atom stereocenters. The van der Waals surface area contributed by atoms with Crippen molar-refractivity contribution in [1.29, 1.82) is 5.26 Å². The number of aromatic carboxylic acids is 1. The molecule has 0 aromatic heterocycles. The fourth-order valence-electron chi connectivity index (χ4n) is 1.30. The summed E-state index contributed by atoms with van der Waals surface area (Å²) >= 11 is 0. The first kappa shape index (κ1) is 13.8. The molecule has 0 aliphatic carbocycles. The molecule has 0 radical (unpaired) electrons. The number of carboxylic acids is 1. The van der Waals surface area contributed by atoms with Gasteiger partial charge in [0.15, 0.2) is 0 Å². The molecule has 8 heteroatoms. The van der Waals surface area contributed by atoms with E-state index in [9.17, 15) is 18.0 Å². The summed E-state index contributed by atoms with van der Waals surface area (Å²) in [5, 5.41) is 17.5. The maximum atomic E-state index is 12.1. The van der Waals surface area contributed by atoms with Gasteiger partial charge in [-0.2, -0.15) is 5.26 Å². The Morgan fingerprint density at radius 3 is 2.50 bits per heavy atom. The summed E-state index contributed by atoms with van der Waals surface area (Å²) in [5.74, 6) is -2.64. The van der Waals surface area contributed by atoms with E-state index >= 15 is 0 Å². The van der Waals surface area contributed by atoms with Crippen LogP contribution in [0, 0.1) is 11.3 Å². The molecule has 0 bridgehead atoms. The van der Waals surface area contributed by atoms with Gasteiger partial charge in [0.1, 0.15) is 17.4 Å². The SMILES string of the molecule is N#Cc1cc(CN)cc(OC(F)(F)F)c1C(=O)O. The van der Waals surface area contributed by atoms with Crippen LogP contribution in [0.1, 0.15) is 21.5 Å². The van der Waals surface area contributed by atoms with Crippen LogP contribution in [0.3, 0.4) is 0 Å². The van der Waals surface area contributed by atoms with Gasteiger partial charge in [-0.15, -0.1) is 13.2 Å². The number of alkyl halides is 3. The third-order valence-corrected chi connectivity index (χ3v) is 1.96. The van der Waals surface area contributed by atoms with Gasteiger partial charge in [-0.25, -0.2) is 4.79 Å². The summed E-state index contributed by atoms with van der Waals surface area (Å²) in [6, 6.07) is 3.44. The number of ether oxygens (including phenoxy) is 1. The van der Waals surface area contributed by atoms with Crippen LogP contribution in [0.5, 0.6) is 5.75 Å². The second-order valence-corrected chi connectivity index (χ2v) is 3.19. The molecule has 0 unspecified atom stereocenters. The Hall–Kier alpha value is -2.27. The number of nitrogens with zero attached hydrogens (tertiary/aromatic N) is 1. The minimum atomic E-state index is -5.05. The molecule has 18 heavy (non-hydrogen) atoms. The van der Waals surface area contributed by atoms with Crippen molar-refractivity contribution in [2.75, 3.05) is 0 Å². The van der Waals surface area contributed by atoms with E-state index in [0.29, 0.717) is 0 Å².